The summed E-state index contributed by atoms with van der Waals surface area (Å²) in [6.45, 7) is 2.02. The number of sulfonamides is 1. The zero-order valence-electron chi connectivity index (χ0n) is 16.7. The molecule has 0 aliphatic carbocycles. The van der Waals surface area contributed by atoms with Gasteiger partial charge in [0, 0.05) is 37.5 Å². The minimum Gasteiger partial charge on any atom is -0.406 e. The Morgan fingerprint density at radius 1 is 1.23 bits per heavy atom. The van der Waals surface area contributed by atoms with Crippen LogP contribution in [0.5, 0.6) is 5.75 Å². The third-order valence-corrected chi connectivity index (χ3v) is 6.94. The highest BCUT2D eigenvalue weighted by molar-refractivity contribution is 7.89. The summed E-state index contributed by atoms with van der Waals surface area (Å²) in [5, 5.41) is 2.91. The molecule has 0 radical (unpaired) electrons. The Hall–Kier alpha value is -2.66. The largest absolute Gasteiger partial charge is 0.573 e. The van der Waals surface area contributed by atoms with Crippen LogP contribution in [0.3, 0.4) is 0 Å². The molecule has 1 saturated heterocycles. The van der Waals surface area contributed by atoms with Crippen molar-refractivity contribution >= 4 is 15.9 Å². The van der Waals surface area contributed by atoms with E-state index in [-0.39, 0.29) is 35.9 Å². The van der Waals surface area contributed by atoms with Crippen LogP contribution in [-0.4, -0.2) is 43.1 Å². The first-order chi connectivity index (χ1) is 14.6. The molecule has 7 nitrogen and oxygen atoms in total. The molecule has 1 N–H and O–H groups in total. The molecule has 1 aromatic carbocycles. The van der Waals surface area contributed by atoms with Gasteiger partial charge in [0.2, 0.25) is 15.9 Å². The molecular weight excluding hydrogens is 435 g/mol. The summed E-state index contributed by atoms with van der Waals surface area (Å²) in [5.41, 5.74) is 0.858. The van der Waals surface area contributed by atoms with Crippen molar-refractivity contribution in [3.05, 3.63) is 54.4 Å². The molecule has 1 atom stereocenters. The summed E-state index contributed by atoms with van der Waals surface area (Å²) in [5.74, 6) is -1.13. The van der Waals surface area contributed by atoms with Crippen molar-refractivity contribution in [1.82, 2.24) is 14.6 Å². The molecule has 2 aromatic rings. The Balaban J connectivity index is 1.61. The van der Waals surface area contributed by atoms with E-state index >= 15 is 0 Å². The van der Waals surface area contributed by atoms with Crippen LogP contribution in [-0.2, 0) is 14.8 Å². The molecule has 31 heavy (non-hydrogen) atoms. The van der Waals surface area contributed by atoms with Crippen LogP contribution >= 0.6 is 0 Å². The number of ether oxygens (including phenoxy) is 1. The quantitative estimate of drug-likeness (QED) is 0.720. The van der Waals surface area contributed by atoms with Gasteiger partial charge in [-0.15, -0.1) is 13.2 Å². The number of pyridine rings is 1. The number of nitrogens with zero attached hydrogens (tertiary/aromatic N) is 2. The molecule has 0 saturated carbocycles. The van der Waals surface area contributed by atoms with Gasteiger partial charge in [-0.05, 0) is 43.5 Å². The van der Waals surface area contributed by atoms with E-state index in [1.807, 2.05) is 13.0 Å². The third-order valence-electron chi connectivity index (χ3n) is 5.04. The number of aromatic nitrogens is 1. The second-order valence-electron chi connectivity index (χ2n) is 7.22. The average Bonchev–Trinajstić information content (AvgIpc) is 2.73. The number of amides is 1. The number of alkyl halides is 3. The van der Waals surface area contributed by atoms with E-state index in [4.69, 9.17) is 0 Å². The average molecular weight is 457 g/mol. The third kappa shape index (κ3) is 5.95. The topological polar surface area (TPSA) is 88.6 Å². The summed E-state index contributed by atoms with van der Waals surface area (Å²) in [7, 11) is -4.01. The molecule has 2 heterocycles. The van der Waals surface area contributed by atoms with E-state index in [2.05, 4.69) is 15.0 Å². The maximum atomic E-state index is 12.8. The molecule has 11 heteroatoms. The maximum Gasteiger partial charge on any atom is 0.573 e. The van der Waals surface area contributed by atoms with Crippen molar-refractivity contribution in [2.45, 2.75) is 37.1 Å². The Labute approximate surface area is 178 Å². The highest BCUT2D eigenvalue weighted by atomic mass is 32.2. The lowest BCUT2D eigenvalue weighted by Gasteiger charge is -2.31. The smallest absolute Gasteiger partial charge is 0.406 e. The number of hydrogen-bond acceptors (Lipinski definition) is 5. The first-order valence-corrected chi connectivity index (χ1v) is 11.1. The predicted molar refractivity (Wildman–Crippen MR) is 105 cm³/mol. The molecule has 168 valence electrons. The Kier molecular flexibility index (Phi) is 6.85. The van der Waals surface area contributed by atoms with Gasteiger partial charge < -0.3 is 10.1 Å². The van der Waals surface area contributed by atoms with Crippen LogP contribution in [0.15, 0.2) is 53.7 Å². The fourth-order valence-electron chi connectivity index (χ4n) is 3.39. The molecule has 1 aromatic heterocycles. The number of benzene rings is 1. The van der Waals surface area contributed by atoms with E-state index in [0.717, 1.165) is 17.7 Å². The number of piperidine rings is 1. The predicted octanol–water partition coefficient (Wildman–Crippen LogP) is 3.26. The number of rotatable bonds is 6. The number of carbonyl (C=O) groups excluding carboxylic acids is 1. The normalized spacial score (nSPS) is 17.2. The second kappa shape index (κ2) is 9.23. The van der Waals surface area contributed by atoms with E-state index in [9.17, 15) is 26.4 Å². The van der Waals surface area contributed by atoms with Gasteiger partial charge in [-0.3, -0.25) is 9.78 Å². The van der Waals surface area contributed by atoms with Crippen molar-refractivity contribution < 1.29 is 31.1 Å². The Morgan fingerprint density at radius 2 is 1.94 bits per heavy atom. The first-order valence-electron chi connectivity index (χ1n) is 9.62. The lowest BCUT2D eigenvalue weighted by Crippen LogP contribution is -2.43. The lowest BCUT2D eigenvalue weighted by molar-refractivity contribution is -0.274. The zero-order valence-corrected chi connectivity index (χ0v) is 17.5. The van der Waals surface area contributed by atoms with Gasteiger partial charge in [-0.25, -0.2) is 8.42 Å². The van der Waals surface area contributed by atoms with Gasteiger partial charge >= 0.3 is 6.36 Å². The van der Waals surface area contributed by atoms with E-state index < -0.39 is 22.1 Å². The lowest BCUT2D eigenvalue weighted by atomic mass is 9.96. The minimum absolute atomic E-state index is 0.0893. The van der Waals surface area contributed by atoms with Crippen molar-refractivity contribution in [3.63, 3.8) is 0 Å². The molecule has 0 spiro atoms. The van der Waals surface area contributed by atoms with Gasteiger partial charge in [0.25, 0.3) is 0 Å². The van der Waals surface area contributed by atoms with Crippen molar-refractivity contribution in [2.75, 3.05) is 13.1 Å². The van der Waals surface area contributed by atoms with Crippen molar-refractivity contribution in [2.24, 2.45) is 5.92 Å². The van der Waals surface area contributed by atoms with Crippen LogP contribution < -0.4 is 10.1 Å². The van der Waals surface area contributed by atoms with Crippen LogP contribution in [0.2, 0.25) is 0 Å². The van der Waals surface area contributed by atoms with E-state index in [0.29, 0.717) is 12.8 Å². The number of halogens is 3. The zero-order chi connectivity index (χ0) is 22.6. The van der Waals surface area contributed by atoms with Gasteiger partial charge in [0.1, 0.15) is 5.75 Å². The number of nitrogens with one attached hydrogen (secondary N) is 1. The minimum atomic E-state index is -4.92. The maximum absolute atomic E-state index is 12.8. The Bertz CT molecular complexity index is 1010. The van der Waals surface area contributed by atoms with E-state index in [1.165, 1.54) is 16.4 Å². The molecule has 1 aliphatic rings. The number of hydrogen-bond donors (Lipinski definition) is 1. The van der Waals surface area contributed by atoms with Gasteiger partial charge in [0.15, 0.2) is 0 Å². The van der Waals surface area contributed by atoms with Crippen LogP contribution in [0.25, 0.3) is 0 Å². The highest BCUT2D eigenvalue weighted by Crippen LogP contribution is 2.29. The number of carbonyl (C=O) groups is 1. The highest BCUT2D eigenvalue weighted by Gasteiger charge is 2.34. The first kappa shape index (κ1) is 23.0. The fourth-order valence-corrected chi connectivity index (χ4v) is 4.89. The molecule has 0 bridgehead atoms. The van der Waals surface area contributed by atoms with Crippen LogP contribution in [0, 0.1) is 5.92 Å². The molecule has 3 rings (SSSR count). The molecule has 1 amide bonds. The molecule has 1 aliphatic heterocycles. The van der Waals surface area contributed by atoms with Crippen LogP contribution in [0.1, 0.15) is 31.4 Å². The summed E-state index contributed by atoms with van der Waals surface area (Å²) in [6.07, 6.45) is -0.996. The van der Waals surface area contributed by atoms with Crippen LogP contribution in [0.4, 0.5) is 13.2 Å². The van der Waals surface area contributed by atoms with Gasteiger partial charge in [0.05, 0.1) is 10.9 Å². The second-order valence-corrected chi connectivity index (χ2v) is 9.16. The summed E-state index contributed by atoms with van der Waals surface area (Å²) >= 11 is 0. The SMILES string of the molecule is C[C@@H](NC(=O)C1CCN(S(=O)(=O)c2cccc(OC(F)(F)F)c2)CC1)c1cccnc1. The Morgan fingerprint density at radius 3 is 2.55 bits per heavy atom. The van der Waals surface area contributed by atoms with E-state index in [1.54, 1.807) is 18.5 Å². The van der Waals surface area contributed by atoms with Crippen molar-refractivity contribution in [3.8, 4) is 5.75 Å². The fraction of sp³-hybridized carbons (Fsp3) is 0.400. The van der Waals surface area contributed by atoms with Gasteiger partial charge in [-0.2, -0.15) is 4.31 Å². The molecular formula is C20H22F3N3O4S. The summed E-state index contributed by atoms with van der Waals surface area (Å²) in [6, 6.07) is 7.67. The molecule has 1 fully saturated rings. The van der Waals surface area contributed by atoms with Gasteiger partial charge in [-0.1, -0.05) is 12.1 Å². The summed E-state index contributed by atoms with van der Waals surface area (Å²) in [4.78, 5) is 16.3. The standard InChI is InChI=1S/C20H22F3N3O4S/c1-14(16-4-3-9-24-13-16)25-19(27)15-7-10-26(11-8-15)31(28,29)18-6-2-5-17(12-18)30-20(21,22)23/h2-6,9,12-15H,7-8,10-11H2,1H3,(H,25,27)/t14-/m1/s1. The molecule has 0 unspecified atom stereocenters. The summed E-state index contributed by atoms with van der Waals surface area (Å²) < 4.78 is 67.9. The monoisotopic (exact) mass is 457 g/mol. The van der Waals surface area contributed by atoms with Crippen molar-refractivity contribution in [1.29, 1.82) is 0 Å².